The van der Waals surface area contributed by atoms with Crippen molar-refractivity contribution in [2.75, 3.05) is 0 Å². The third kappa shape index (κ3) is 6.09. The Labute approximate surface area is 64.5 Å². The molecule has 0 radical (unpaired) electrons. The zero-order valence-electron chi connectivity index (χ0n) is 7.65. The van der Waals surface area contributed by atoms with Gasteiger partial charge in [-0.25, -0.2) is 0 Å². The number of hydrogen-bond donors (Lipinski definition) is 1. The molecule has 1 N–H and O–H groups in total. The minimum absolute atomic E-state index is 0.0926. The van der Waals surface area contributed by atoms with Crippen LogP contribution in [-0.4, -0.2) is 11.2 Å². The Balaban J connectivity index is 3.47. The zero-order valence-corrected chi connectivity index (χ0v) is 7.65. The Kier molecular flexibility index (Phi) is 3.95. The highest BCUT2D eigenvalue weighted by molar-refractivity contribution is 4.67. The van der Waals surface area contributed by atoms with Gasteiger partial charge < -0.3 is 5.11 Å². The van der Waals surface area contributed by atoms with Crippen molar-refractivity contribution in [3.05, 3.63) is 0 Å². The number of rotatable bonds is 3. The molecule has 0 amide bonds. The van der Waals surface area contributed by atoms with E-state index in [0.29, 0.717) is 0 Å². The molecular formula is C9H20O. The summed E-state index contributed by atoms with van der Waals surface area (Å²) in [7, 11) is 0. The predicted molar refractivity (Wildman–Crippen MR) is 45.0 cm³/mol. The van der Waals surface area contributed by atoms with E-state index in [1.807, 2.05) is 0 Å². The number of aliphatic hydroxyl groups is 1. The maximum atomic E-state index is 9.38. The van der Waals surface area contributed by atoms with Gasteiger partial charge in [-0.2, -0.15) is 0 Å². The van der Waals surface area contributed by atoms with Gasteiger partial charge in [0.2, 0.25) is 0 Å². The van der Waals surface area contributed by atoms with E-state index in [-0.39, 0.29) is 11.5 Å². The van der Waals surface area contributed by atoms with Gasteiger partial charge in [0, 0.05) is 0 Å². The standard InChI is InChI=1S/C9H20O/c1-5-6-8(10)7-9(2,3)4/h8,10H,5-7H2,1-4H3/t8-/m1/s1. The Hall–Kier alpha value is -0.0400. The summed E-state index contributed by atoms with van der Waals surface area (Å²) >= 11 is 0. The van der Waals surface area contributed by atoms with Gasteiger partial charge in [-0.15, -0.1) is 0 Å². The highest BCUT2D eigenvalue weighted by Gasteiger charge is 2.15. The second-order valence-corrected chi connectivity index (χ2v) is 4.21. The Morgan fingerprint density at radius 2 is 1.80 bits per heavy atom. The fourth-order valence-electron chi connectivity index (χ4n) is 1.14. The van der Waals surface area contributed by atoms with Crippen LogP contribution in [-0.2, 0) is 0 Å². The monoisotopic (exact) mass is 144 g/mol. The second-order valence-electron chi connectivity index (χ2n) is 4.21. The van der Waals surface area contributed by atoms with Crippen molar-refractivity contribution in [2.45, 2.75) is 53.1 Å². The van der Waals surface area contributed by atoms with E-state index in [0.717, 1.165) is 19.3 Å². The van der Waals surface area contributed by atoms with Crippen LogP contribution in [0.1, 0.15) is 47.0 Å². The van der Waals surface area contributed by atoms with E-state index in [1.54, 1.807) is 0 Å². The molecule has 0 unspecified atom stereocenters. The SMILES string of the molecule is CCC[C@@H](O)CC(C)(C)C. The molecule has 1 atom stereocenters. The van der Waals surface area contributed by atoms with Gasteiger partial charge in [0.15, 0.2) is 0 Å². The van der Waals surface area contributed by atoms with Gasteiger partial charge in [0.05, 0.1) is 6.10 Å². The lowest BCUT2D eigenvalue weighted by molar-refractivity contribution is 0.112. The highest BCUT2D eigenvalue weighted by atomic mass is 16.3. The molecule has 0 saturated carbocycles. The van der Waals surface area contributed by atoms with E-state index in [9.17, 15) is 5.11 Å². The quantitative estimate of drug-likeness (QED) is 0.645. The van der Waals surface area contributed by atoms with Crippen LogP contribution in [0.2, 0.25) is 0 Å². The Morgan fingerprint density at radius 1 is 1.30 bits per heavy atom. The minimum atomic E-state index is -0.0926. The first-order valence-corrected chi connectivity index (χ1v) is 4.14. The van der Waals surface area contributed by atoms with Crippen molar-refractivity contribution in [2.24, 2.45) is 5.41 Å². The summed E-state index contributed by atoms with van der Waals surface area (Å²) in [4.78, 5) is 0. The van der Waals surface area contributed by atoms with Gasteiger partial charge in [-0.3, -0.25) is 0 Å². The van der Waals surface area contributed by atoms with E-state index in [2.05, 4.69) is 27.7 Å². The molecule has 0 aromatic heterocycles. The molecule has 1 nitrogen and oxygen atoms in total. The van der Waals surface area contributed by atoms with Crippen molar-refractivity contribution in [1.82, 2.24) is 0 Å². The third-order valence-corrected chi connectivity index (χ3v) is 1.47. The van der Waals surface area contributed by atoms with Crippen LogP contribution in [0.3, 0.4) is 0 Å². The molecule has 0 heterocycles. The molecule has 0 aliphatic carbocycles. The summed E-state index contributed by atoms with van der Waals surface area (Å²) in [6, 6.07) is 0. The van der Waals surface area contributed by atoms with Crippen LogP contribution >= 0.6 is 0 Å². The van der Waals surface area contributed by atoms with Gasteiger partial charge in [-0.05, 0) is 18.3 Å². The summed E-state index contributed by atoms with van der Waals surface area (Å²) in [6.07, 6.45) is 2.85. The summed E-state index contributed by atoms with van der Waals surface area (Å²) in [5, 5.41) is 9.38. The third-order valence-electron chi connectivity index (χ3n) is 1.47. The van der Waals surface area contributed by atoms with Gasteiger partial charge >= 0.3 is 0 Å². The second kappa shape index (κ2) is 3.97. The molecule has 0 rings (SSSR count). The van der Waals surface area contributed by atoms with Gasteiger partial charge in [0.1, 0.15) is 0 Å². The fourth-order valence-corrected chi connectivity index (χ4v) is 1.14. The normalized spacial score (nSPS) is 15.3. The summed E-state index contributed by atoms with van der Waals surface area (Å²) in [6.45, 7) is 8.58. The van der Waals surface area contributed by atoms with Gasteiger partial charge in [-0.1, -0.05) is 34.1 Å². The van der Waals surface area contributed by atoms with Crippen molar-refractivity contribution < 1.29 is 5.11 Å². The molecule has 0 spiro atoms. The van der Waals surface area contributed by atoms with Crippen LogP contribution in [0.5, 0.6) is 0 Å². The lowest BCUT2D eigenvalue weighted by Gasteiger charge is -2.21. The van der Waals surface area contributed by atoms with Crippen molar-refractivity contribution in [1.29, 1.82) is 0 Å². The predicted octanol–water partition coefficient (Wildman–Crippen LogP) is 2.58. The zero-order chi connectivity index (χ0) is 8.20. The molecule has 10 heavy (non-hydrogen) atoms. The van der Waals surface area contributed by atoms with Gasteiger partial charge in [0.25, 0.3) is 0 Å². The summed E-state index contributed by atoms with van der Waals surface area (Å²) < 4.78 is 0. The molecule has 0 fully saturated rings. The van der Waals surface area contributed by atoms with Crippen molar-refractivity contribution >= 4 is 0 Å². The van der Waals surface area contributed by atoms with Crippen molar-refractivity contribution in [3.63, 3.8) is 0 Å². The molecule has 0 aromatic carbocycles. The molecule has 1 heteroatoms. The molecule has 0 saturated heterocycles. The largest absolute Gasteiger partial charge is 0.393 e. The molecule has 0 aliphatic heterocycles. The first kappa shape index (κ1) is 9.96. The maximum Gasteiger partial charge on any atom is 0.0545 e. The molecule has 62 valence electrons. The average molecular weight is 144 g/mol. The van der Waals surface area contributed by atoms with E-state index < -0.39 is 0 Å². The van der Waals surface area contributed by atoms with Crippen LogP contribution in [0.15, 0.2) is 0 Å². The number of aliphatic hydroxyl groups excluding tert-OH is 1. The van der Waals surface area contributed by atoms with Crippen LogP contribution in [0.25, 0.3) is 0 Å². The first-order chi connectivity index (χ1) is 4.45. The number of hydrogen-bond acceptors (Lipinski definition) is 1. The fraction of sp³-hybridized carbons (Fsp3) is 1.00. The van der Waals surface area contributed by atoms with Crippen LogP contribution < -0.4 is 0 Å². The van der Waals surface area contributed by atoms with Crippen LogP contribution in [0.4, 0.5) is 0 Å². The lowest BCUT2D eigenvalue weighted by Crippen LogP contribution is -2.16. The molecule has 0 aromatic rings. The molecule has 0 aliphatic rings. The lowest BCUT2D eigenvalue weighted by atomic mass is 9.88. The average Bonchev–Trinajstić information content (AvgIpc) is 1.59. The molecule has 0 bridgehead atoms. The van der Waals surface area contributed by atoms with E-state index in [1.165, 1.54) is 0 Å². The Morgan fingerprint density at radius 3 is 2.10 bits per heavy atom. The smallest absolute Gasteiger partial charge is 0.0545 e. The minimum Gasteiger partial charge on any atom is -0.393 e. The Bertz CT molecular complexity index is 81.2. The van der Waals surface area contributed by atoms with Crippen LogP contribution in [0, 0.1) is 5.41 Å². The summed E-state index contributed by atoms with van der Waals surface area (Å²) in [5.41, 5.74) is 0.272. The maximum absolute atomic E-state index is 9.38. The first-order valence-electron chi connectivity index (χ1n) is 4.14. The topological polar surface area (TPSA) is 20.2 Å². The van der Waals surface area contributed by atoms with E-state index in [4.69, 9.17) is 0 Å². The summed E-state index contributed by atoms with van der Waals surface area (Å²) in [5.74, 6) is 0. The highest BCUT2D eigenvalue weighted by Crippen LogP contribution is 2.22. The van der Waals surface area contributed by atoms with Crippen molar-refractivity contribution in [3.8, 4) is 0 Å². The van der Waals surface area contributed by atoms with E-state index >= 15 is 0 Å². The molecular weight excluding hydrogens is 124 g/mol.